The van der Waals surface area contributed by atoms with Crippen LogP contribution < -0.4 is 5.32 Å². The fourth-order valence-electron chi connectivity index (χ4n) is 2.05. The minimum absolute atomic E-state index is 0.409. The highest BCUT2D eigenvalue weighted by Crippen LogP contribution is 2.24. The normalized spacial score (nSPS) is 14.8. The number of hydrogen-bond donors (Lipinski definition) is 1. The van der Waals surface area contributed by atoms with E-state index in [1.54, 1.807) is 0 Å². The van der Waals surface area contributed by atoms with E-state index in [2.05, 4.69) is 46.1 Å². The van der Waals surface area contributed by atoms with Crippen LogP contribution in [0.25, 0.3) is 0 Å². The van der Waals surface area contributed by atoms with Gasteiger partial charge in [0.2, 0.25) is 0 Å². The highest BCUT2D eigenvalue weighted by molar-refractivity contribution is 9.10. The van der Waals surface area contributed by atoms with Crippen molar-refractivity contribution in [2.45, 2.75) is 39.2 Å². The van der Waals surface area contributed by atoms with Gasteiger partial charge in [-0.05, 0) is 46.9 Å². The summed E-state index contributed by atoms with van der Waals surface area (Å²) in [6.07, 6.45) is 7.49. The highest BCUT2D eigenvalue weighted by Gasteiger charge is 2.13. The van der Waals surface area contributed by atoms with E-state index in [0.717, 1.165) is 10.4 Å². The van der Waals surface area contributed by atoms with Crippen LogP contribution in [0.3, 0.4) is 0 Å². The molecule has 0 saturated heterocycles. The van der Waals surface area contributed by atoms with Crippen LogP contribution in [0.15, 0.2) is 22.9 Å². The van der Waals surface area contributed by atoms with Gasteiger partial charge in [-0.25, -0.2) is 0 Å². The number of hydrogen-bond acceptors (Lipinski definition) is 2. The maximum absolute atomic E-state index is 4.22. The van der Waals surface area contributed by atoms with Gasteiger partial charge in [-0.3, -0.25) is 4.98 Å². The molecule has 0 spiro atoms. The van der Waals surface area contributed by atoms with Crippen molar-refractivity contribution in [3.8, 4) is 0 Å². The van der Waals surface area contributed by atoms with Gasteiger partial charge in [0.1, 0.15) is 0 Å². The van der Waals surface area contributed by atoms with Gasteiger partial charge in [0.05, 0.1) is 0 Å². The predicted molar refractivity (Wildman–Crippen MR) is 72.4 cm³/mol. The predicted octanol–water partition coefficient (Wildman–Crippen LogP) is 3.93. The van der Waals surface area contributed by atoms with Gasteiger partial charge in [0, 0.05) is 22.9 Å². The number of nitrogens with one attached hydrogen (secondary N) is 1. The third-order valence-corrected chi connectivity index (χ3v) is 3.33. The summed E-state index contributed by atoms with van der Waals surface area (Å²) >= 11 is 3.47. The zero-order chi connectivity index (χ0) is 12.0. The minimum atomic E-state index is 0.409. The molecule has 1 aromatic rings. The third-order valence-electron chi connectivity index (χ3n) is 2.90. The minimum Gasteiger partial charge on any atom is -0.313 e. The Kier molecular flexibility index (Phi) is 5.99. The first-order valence-corrected chi connectivity index (χ1v) is 6.74. The fourth-order valence-corrected chi connectivity index (χ4v) is 2.44. The molecule has 0 amide bonds. The fraction of sp³-hybridized carbons (Fsp3) is 0.615. The first kappa shape index (κ1) is 13.7. The summed E-state index contributed by atoms with van der Waals surface area (Å²) in [7, 11) is 2.02. The smallest absolute Gasteiger partial charge is 0.0410 e. The van der Waals surface area contributed by atoms with Gasteiger partial charge in [-0.15, -0.1) is 0 Å². The second kappa shape index (κ2) is 7.02. The summed E-state index contributed by atoms with van der Waals surface area (Å²) in [6, 6.07) is 2.55. The Hall–Kier alpha value is -0.410. The molecule has 1 heterocycles. The number of rotatable bonds is 6. The standard InChI is InChI=1S/C13H21BrN2/c1-4-5-10(2)6-13(15-3)11-7-12(14)9-16-8-11/h7-10,13,15H,4-6H2,1-3H3. The molecule has 16 heavy (non-hydrogen) atoms. The van der Waals surface area contributed by atoms with Crippen LogP contribution in [0.2, 0.25) is 0 Å². The Bertz CT molecular complexity index is 315. The lowest BCUT2D eigenvalue weighted by molar-refractivity contribution is 0.406. The second-order valence-electron chi connectivity index (χ2n) is 4.41. The first-order chi connectivity index (χ1) is 7.67. The Morgan fingerprint density at radius 2 is 2.19 bits per heavy atom. The van der Waals surface area contributed by atoms with Crippen molar-refractivity contribution in [2.24, 2.45) is 5.92 Å². The van der Waals surface area contributed by atoms with E-state index < -0.39 is 0 Å². The first-order valence-electron chi connectivity index (χ1n) is 5.95. The van der Waals surface area contributed by atoms with Crippen LogP contribution in [0.5, 0.6) is 0 Å². The SMILES string of the molecule is CCCC(C)CC(NC)c1cncc(Br)c1. The molecular weight excluding hydrogens is 264 g/mol. The van der Waals surface area contributed by atoms with Crippen LogP contribution in [0.1, 0.15) is 44.7 Å². The van der Waals surface area contributed by atoms with Gasteiger partial charge in [-0.1, -0.05) is 26.7 Å². The van der Waals surface area contributed by atoms with Gasteiger partial charge >= 0.3 is 0 Å². The van der Waals surface area contributed by atoms with Gasteiger partial charge in [0.25, 0.3) is 0 Å². The molecule has 0 aromatic carbocycles. The van der Waals surface area contributed by atoms with Crippen LogP contribution in [-0.2, 0) is 0 Å². The van der Waals surface area contributed by atoms with Crippen molar-refractivity contribution < 1.29 is 0 Å². The lowest BCUT2D eigenvalue weighted by Gasteiger charge is -2.20. The Balaban J connectivity index is 2.67. The number of pyridine rings is 1. The number of aromatic nitrogens is 1. The summed E-state index contributed by atoms with van der Waals surface area (Å²) < 4.78 is 1.05. The van der Waals surface area contributed by atoms with Crippen molar-refractivity contribution in [2.75, 3.05) is 7.05 Å². The van der Waals surface area contributed by atoms with Crippen molar-refractivity contribution in [1.29, 1.82) is 0 Å². The van der Waals surface area contributed by atoms with Crippen molar-refractivity contribution in [3.63, 3.8) is 0 Å². The molecular formula is C13H21BrN2. The van der Waals surface area contributed by atoms with Crippen molar-refractivity contribution in [1.82, 2.24) is 10.3 Å². The quantitative estimate of drug-likeness (QED) is 0.856. The molecule has 0 aliphatic heterocycles. The summed E-state index contributed by atoms with van der Waals surface area (Å²) in [4.78, 5) is 4.22. The lowest BCUT2D eigenvalue weighted by atomic mass is 9.94. The summed E-state index contributed by atoms with van der Waals surface area (Å²) in [5.41, 5.74) is 1.26. The van der Waals surface area contributed by atoms with Gasteiger partial charge in [0.15, 0.2) is 0 Å². The molecule has 2 unspecified atom stereocenters. The molecule has 2 atom stereocenters. The Morgan fingerprint density at radius 1 is 1.44 bits per heavy atom. The zero-order valence-corrected chi connectivity index (χ0v) is 11.9. The van der Waals surface area contributed by atoms with Crippen molar-refractivity contribution >= 4 is 15.9 Å². The maximum atomic E-state index is 4.22. The molecule has 1 rings (SSSR count). The molecule has 2 nitrogen and oxygen atoms in total. The summed E-state index contributed by atoms with van der Waals surface area (Å²) in [6.45, 7) is 4.56. The Labute approximate surface area is 107 Å². The Morgan fingerprint density at radius 3 is 2.75 bits per heavy atom. The molecule has 0 saturated carbocycles. The van der Waals surface area contributed by atoms with E-state index in [9.17, 15) is 0 Å². The molecule has 0 aliphatic carbocycles. The molecule has 0 aliphatic rings. The number of nitrogens with zero attached hydrogens (tertiary/aromatic N) is 1. The van der Waals surface area contributed by atoms with E-state index >= 15 is 0 Å². The van der Waals surface area contributed by atoms with Gasteiger partial charge < -0.3 is 5.32 Å². The van der Waals surface area contributed by atoms with Crippen LogP contribution in [0.4, 0.5) is 0 Å². The average molecular weight is 285 g/mol. The molecule has 0 fully saturated rings. The number of halogens is 1. The molecule has 1 N–H and O–H groups in total. The molecule has 90 valence electrons. The van der Waals surface area contributed by atoms with E-state index in [4.69, 9.17) is 0 Å². The highest BCUT2D eigenvalue weighted by atomic mass is 79.9. The van der Waals surface area contributed by atoms with E-state index in [-0.39, 0.29) is 0 Å². The van der Waals surface area contributed by atoms with Crippen LogP contribution in [0, 0.1) is 5.92 Å². The molecule has 0 radical (unpaired) electrons. The van der Waals surface area contributed by atoms with Crippen LogP contribution >= 0.6 is 15.9 Å². The molecule has 1 aromatic heterocycles. The monoisotopic (exact) mass is 284 g/mol. The second-order valence-corrected chi connectivity index (χ2v) is 5.32. The summed E-state index contributed by atoms with van der Waals surface area (Å²) in [5, 5.41) is 3.37. The van der Waals surface area contributed by atoms with E-state index in [0.29, 0.717) is 6.04 Å². The lowest BCUT2D eigenvalue weighted by Crippen LogP contribution is -2.19. The van der Waals surface area contributed by atoms with E-state index in [1.165, 1.54) is 24.8 Å². The third kappa shape index (κ3) is 4.22. The zero-order valence-electron chi connectivity index (χ0n) is 10.3. The largest absolute Gasteiger partial charge is 0.313 e. The van der Waals surface area contributed by atoms with E-state index in [1.807, 2.05) is 19.4 Å². The molecule has 0 bridgehead atoms. The molecule has 3 heteroatoms. The summed E-state index contributed by atoms with van der Waals surface area (Å²) in [5.74, 6) is 0.751. The van der Waals surface area contributed by atoms with Crippen LogP contribution in [-0.4, -0.2) is 12.0 Å². The topological polar surface area (TPSA) is 24.9 Å². The van der Waals surface area contributed by atoms with Crippen molar-refractivity contribution in [3.05, 3.63) is 28.5 Å². The average Bonchev–Trinajstić information content (AvgIpc) is 2.26. The van der Waals surface area contributed by atoms with Gasteiger partial charge in [-0.2, -0.15) is 0 Å². The maximum Gasteiger partial charge on any atom is 0.0410 e.